The molecule has 0 radical (unpaired) electrons. The second kappa shape index (κ2) is 8.77. The average molecular weight is 366 g/mol. The van der Waals surface area contributed by atoms with E-state index in [-0.39, 0.29) is 17.9 Å². The van der Waals surface area contributed by atoms with Crippen molar-refractivity contribution in [2.24, 2.45) is 0 Å². The summed E-state index contributed by atoms with van der Waals surface area (Å²) >= 11 is 0. The lowest BCUT2D eigenvalue weighted by atomic mass is 10.1. The van der Waals surface area contributed by atoms with Crippen LogP contribution < -0.4 is 5.32 Å². The molecule has 0 aliphatic carbocycles. The van der Waals surface area contributed by atoms with Crippen molar-refractivity contribution in [2.45, 2.75) is 25.8 Å². The lowest BCUT2D eigenvalue weighted by Gasteiger charge is -2.38. The van der Waals surface area contributed by atoms with Gasteiger partial charge in [0, 0.05) is 44.1 Å². The molecule has 1 aromatic heterocycles. The van der Waals surface area contributed by atoms with Gasteiger partial charge in [0.2, 0.25) is 11.8 Å². The predicted molar refractivity (Wildman–Crippen MR) is 105 cm³/mol. The van der Waals surface area contributed by atoms with Gasteiger partial charge in [-0.2, -0.15) is 0 Å². The molecule has 2 aromatic rings. The number of hydrogen-bond donors (Lipinski definition) is 1. The van der Waals surface area contributed by atoms with Crippen molar-refractivity contribution in [2.75, 3.05) is 32.0 Å². The Kier molecular flexibility index (Phi) is 6.19. The second-order valence-corrected chi connectivity index (χ2v) is 6.97. The molecule has 1 saturated heterocycles. The van der Waals surface area contributed by atoms with Crippen LogP contribution in [0.5, 0.6) is 0 Å². The summed E-state index contributed by atoms with van der Waals surface area (Å²) in [5, 5.41) is 3.01. The molecule has 142 valence electrons. The maximum Gasteiger partial charge on any atom is 0.243 e. The Morgan fingerprint density at radius 2 is 2.00 bits per heavy atom. The Morgan fingerprint density at radius 3 is 2.74 bits per heavy atom. The zero-order valence-corrected chi connectivity index (χ0v) is 15.9. The van der Waals surface area contributed by atoms with E-state index in [1.54, 1.807) is 18.0 Å². The molecule has 1 N–H and O–H groups in total. The van der Waals surface area contributed by atoms with E-state index in [9.17, 15) is 9.59 Å². The van der Waals surface area contributed by atoms with Crippen LogP contribution in [0.1, 0.15) is 18.2 Å². The molecule has 0 spiro atoms. The van der Waals surface area contributed by atoms with Gasteiger partial charge in [-0.05, 0) is 49.7 Å². The van der Waals surface area contributed by atoms with E-state index in [1.807, 2.05) is 48.3 Å². The Morgan fingerprint density at radius 1 is 1.15 bits per heavy atom. The van der Waals surface area contributed by atoms with Crippen molar-refractivity contribution in [3.8, 4) is 0 Å². The highest BCUT2D eigenvalue weighted by atomic mass is 16.2. The SMILES string of the molecule is CC(=O)N1CCN(C)C(C(=O)Nc2cccc(CCc3ccccn3)c2)C1. The van der Waals surface area contributed by atoms with Gasteiger partial charge in [0.15, 0.2) is 0 Å². The quantitative estimate of drug-likeness (QED) is 0.879. The number of carbonyl (C=O) groups is 2. The van der Waals surface area contributed by atoms with Crippen molar-refractivity contribution in [1.29, 1.82) is 0 Å². The Bertz CT molecular complexity index is 794. The van der Waals surface area contributed by atoms with Crippen LogP contribution >= 0.6 is 0 Å². The number of anilines is 1. The number of hydrogen-bond acceptors (Lipinski definition) is 4. The number of nitrogens with zero attached hydrogens (tertiary/aromatic N) is 3. The molecule has 6 nitrogen and oxygen atoms in total. The number of carbonyl (C=O) groups excluding carboxylic acids is 2. The normalized spacial score (nSPS) is 17.6. The Balaban J connectivity index is 1.61. The number of likely N-dealkylation sites (N-methyl/N-ethyl adjacent to an activating group) is 1. The van der Waals surface area contributed by atoms with E-state index in [2.05, 4.69) is 16.4 Å². The molecule has 1 unspecified atom stereocenters. The molecular formula is C21H26N4O2. The van der Waals surface area contributed by atoms with E-state index in [4.69, 9.17) is 0 Å². The van der Waals surface area contributed by atoms with E-state index >= 15 is 0 Å². The van der Waals surface area contributed by atoms with E-state index in [0.29, 0.717) is 19.6 Å². The van der Waals surface area contributed by atoms with Crippen molar-refractivity contribution in [3.63, 3.8) is 0 Å². The topological polar surface area (TPSA) is 65.5 Å². The molecular weight excluding hydrogens is 340 g/mol. The molecule has 6 heteroatoms. The van der Waals surface area contributed by atoms with Gasteiger partial charge in [0.05, 0.1) is 0 Å². The van der Waals surface area contributed by atoms with Crippen molar-refractivity contribution >= 4 is 17.5 Å². The fourth-order valence-electron chi connectivity index (χ4n) is 3.29. The number of benzene rings is 1. The standard InChI is InChI=1S/C21H26N4O2/c1-16(26)25-13-12-24(2)20(15-25)21(27)23-19-8-5-6-17(14-19)9-10-18-7-3-4-11-22-18/h3-8,11,14,20H,9-10,12-13,15H2,1-2H3,(H,23,27). The third kappa shape index (κ3) is 5.14. The summed E-state index contributed by atoms with van der Waals surface area (Å²) < 4.78 is 0. The first-order valence-electron chi connectivity index (χ1n) is 9.28. The largest absolute Gasteiger partial charge is 0.340 e. The van der Waals surface area contributed by atoms with Crippen molar-refractivity contribution in [1.82, 2.24) is 14.8 Å². The molecule has 0 saturated carbocycles. The minimum absolute atomic E-state index is 0.0115. The highest BCUT2D eigenvalue weighted by Gasteiger charge is 2.31. The van der Waals surface area contributed by atoms with Crippen molar-refractivity contribution < 1.29 is 9.59 Å². The Labute approximate surface area is 160 Å². The molecule has 27 heavy (non-hydrogen) atoms. The van der Waals surface area contributed by atoms with Gasteiger partial charge in [-0.3, -0.25) is 19.5 Å². The highest BCUT2D eigenvalue weighted by Crippen LogP contribution is 2.15. The summed E-state index contributed by atoms with van der Waals surface area (Å²) in [5.41, 5.74) is 2.99. The van der Waals surface area contributed by atoms with Crippen LogP contribution in [0.3, 0.4) is 0 Å². The number of piperazine rings is 1. The number of pyridine rings is 1. The van der Waals surface area contributed by atoms with Gasteiger partial charge < -0.3 is 10.2 Å². The van der Waals surface area contributed by atoms with Crippen LogP contribution in [0.15, 0.2) is 48.7 Å². The number of rotatable bonds is 5. The van der Waals surface area contributed by atoms with Crippen molar-refractivity contribution in [3.05, 3.63) is 59.9 Å². The third-order valence-corrected chi connectivity index (χ3v) is 4.99. The lowest BCUT2D eigenvalue weighted by molar-refractivity contribution is -0.134. The van der Waals surface area contributed by atoms with Crippen LogP contribution in [0.4, 0.5) is 5.69 Å². The van der Waals surface area contributed by atoms with Gasteiger partial charge in [-0.1, -0.05) is 18.2 Å². The summed E-state index contributed by atoms with van der Waals surface area (Å²) in [5.74, 6) is -0.0669. The minimum Gasteiger partial charge on any atom is -0.340 e. The molecule has 1 aliphatic heterocycles. The molecule has 1 aliphatic rings. The first-order valence-corrected chi connectivity index (χ1v) is 9.28. The summed E-state index contributed by atoms with van der Waals surface area (Å²) in [4.78, 5) is 32.4. The van der Waals surface area contributed by atoms with Crippen LogP contribution in [0.25, 0.3) is 0 Å². The monoisotopic (exact) mass is 366 g/mol. The summed E-state index contributed by atoms with van der Waals surface area (Å²) in [7, 11) is 1.92. The maximum absolute atomic E-state index is 12.7. The number of amides is 2. The fourth-order valence-corrected chi connectivity index (χ4v) is 3.29. The van der Waals surface area contributed by atoms with E-state index in [1.165, 1.54) is 0 Å². The zero-order chi connectivity index (χ0) is 19.2. The summed E-state index contributed by atoms with van der Waals surface area (Å²) in [6.07, 6.45) is 3.52. The number of aryl methyl sites for hydroxylation is 2. The van der Waals surface area contributed by atoms with Gasteiger partial charge in [0.1, 0.15) is 6.04 Å². The van der Waals surface area contributed by atoms with Crippen LogP contribution in [0, 0.1) is 0 Å². The number of nitrogens with one attached hydrogen (secondary N) is 1. The van der Waals surface area contributed by atoms with E-state index in [0.717, 1.165) is 29.8 Å². The van der Waals surface area contributed by atoms with Gasteiger partial charge in [0.25, 0.3) is 0 Å². The molecule has 2 amide bonds. The van der Waals surface area contributed by atoms with Gasteiger partial charge in [-0.15, -0.1) is 0 Å². The maximum atomic E-state index is 12.7. The fraction of sp³-hybridized carbons (Fsp3) is 0.381. The van der Waals surface area contributed by atoms with Gasteiger partial charge in [-0.25, -0.2) is 0 Å². The second-order valence-electron chi connectivity index (χ2n) is 6.97. The van der Waals surface area contributed by atoms with Crippen LogP contribution in [-0.4, -0.2) is 59.3 Å². The predicted octanol–water partition coefficient (Wildman–Crippen LogP) is 1.97. The smallest absolute Gasteiger partial charge is 0.243 e. The Hall–Kier alpha value is -2.73. The molecule has 1 fully saturated rings. The molecule has 1 aromatic carbocycles. The van der Waals surface area contributed by atoms with Crippen LogP contribution in [0.2, 0.25) is 0 Å². The molecule has 2 heterocycles. The average Bonchev–Trinajstić information content (AvgIpc) is 2.67. The van der Waals surface area contributed by atoms with E-state index < -0.39 is 0 Å². The van der Waals surface area contributed by atoms with Gasteiger partial charge >= 0.3 is 0 Å². The summed E-state index contributed by atoms with van der Waals surface area (Å²) in [6.45, 7) is 3.34. The minimum atomic E-state index is -0.333. The molecule has 0 bridgehead atoms. The summed E-state index contributed by atoms with van der Waals surface area (Å²) in [6, 6.07) is 13.5. The third-order valence-electron chi connectivity index (χ3n) is 4.99. The lowest BCUT2D eigenvalue weighted by Crippen LogP contribution is -2.57. The first-order chi connectivity index (χ1) is 13.0. The highest BCUT2D eigenvalue weighted by molar-refractivity contribution is 5.95. The molecule has 3 rings (SSSR count). The van der Waals surface area contributed by atoms with Crippen LogP contribution in [-0.2, 0) is 22.4 Å². The molecule has 1 atom stereocenters. The first kappa shape index (κ1) is 19.0. The zero-order valence-electron chi connectivity index (χ0n) is 15.9. The number of aromatic nitrogens is 1.